The summed E-state index contributed by atoms with van der Waals surface area (Å²) in [5.74, 6) is 0.992. The lowest BCUT2D eigenvalue weighted by Gasteiger charge is -2.34. The van der Waals surface area contributed by atoms with Gasteiger partial charge in [0.2, 0.25) is 5.91 Å². The summed E-state index contributed by atoms with van der Waals surface area (Å²) in [6.45, 7) is 9.11. The lowest BCUT2D eigenvalue weighted by atomic mass is 9.84. The zero-order valence-electron chi connectivity index (χ0n) is 21.1. The van der Waals surface area contributed by atoms with Crippen LogP contribution in [0, 0.1) is 11.7 Å². The fourth-order valence-corrected chi connectivity index (χ4v) is 5.68. The molecule has 1 aliphatic carbocycles. The summed E-state index contributed by atoms with van der Waals surface area (Å²) in [6.07, 6.45) is 10.1. The van der Waals surface area contributed by atoms with E-state index in [-0.39, 0.29) is 17.6 Å². The Morgan fingerprint density at radius 1 is 1.20 bits per heavy atom. The molecule has 1 saturated heterocycles. The number of amidine groups is 1. The van der Waals surface area contributed by atoms with E-state index in [2.05, 4.69) is 22.4 Å². The Balaban J connectivity index is 1.27. The number of aliphatic imine (C=N–C) groups is 1. The van der Waals surface area contributed by atoms with E-state index < -0.39 is 5.54 Å². The lowest BCUT2D eigenvalue weighted by Crippen LogP contribution is -2.42. The number of halogens is 1. The van der Waals surface area contributed by atoms with Gasteiger partial charge in [0.25, 0.3) is 5.91 Å². The van der Waals surface area contributed by atoms with Crippen molar-refractivity contribution in [1.82, 2.24) is 15.1 Å². The maximum Gasteiger partial charge on any atom is 0.260 e. The van der Waals surface area contributed by atoms with Crippen molar-refractivity contribution in [3.05, 3.63) is 59.1 Å². The maximum absolute atomic E-state index is 13.4. The maximum atomic E-state index is 13.4. The number of allylic oxidation sites excluding steroid dienone is 3. The normalized spacial score (nSPS) is 23.7. The molecule has 1 atom stereocenters. The lowest BCUT2D eigenvalue weighted by molar-refractivity contribution is -0.131. The molecule has 1 fully saturated rings. The van der Waals surface area contributed by atoms with Crippen LogP contribution in [0.4, 0.5) is 4.39 Å². The number of carbonyl (C=O) groups is 2. The van der Waals surface area contributed by atoms with E-state index in [0.717, 1.165) is 68.8 Å². The van der Waals surface area contributed by atoms with Crippen LogP contribution in [0.3, 0.4) is 0 Å². The number of benzene rings is 1. The molecule has 188 valence electrons. The summed E-state index contributed by atoms with van der Waals surface area (Å²) in [7, 11) is 0. The van der Waals surface area contributed by atoms with E-state index in [9.17, 15) is 14.0 Å². The molecule has 7 heteroatoms. The van der Waals surface area contributed by atoms with Crippen molar-refractivity contribution < 1.29 is 14.0 Å². The van der Waals surface area contributed by atoms with Gasteiger partial charge < -0.3 is 10.2 Å². The van der Waals surface area contributed by atoms with Gasteiger partial charge in [0.1, 0.15) is 11.7 Å². The molecule has 6 nitrogen and oxygen atoms in total. The summed E-state index contributed by atoms with van der Waals surface area (Å²) in [5, 5.41) is 2.92. The Morgan fingerprint density at radius 3 is 2.57 bits per heavy atom. The number of hydrogen-bond acceptors (Lipinski definition) is 4. The average molecular weight is 481 g/mol. The molecule has 0 bridgehead atoms. The van der Waals surface area contributed by atoms with Gasteiger partial charge in [0.05, 0.1) is 0 Å². The molecular weight excluding hydrogens is 443 g/mol. The highest BCUT2D eigenvalue weighted by atomic mass is 19.1. The first-order valence-electron chi connectivity index (χ1n) is 12.9. The molecule has 2 aliphatic heterocycles. The van der Waals surface area contributed by atoms with Crippen molar-refractivity contribution in [2.24, 2.45) is 10.9 Å². The van der Waals surface area contributed by atoms with Gasteiger partial charge in [-0.3, -0.25) is 19.5 Å². The van der Waals surface area contributed by atoms with E-state index in [0.29, 0.717) is 18.9 Å². The standard InChI is InChI=1S/C28H37FN4O2/c1-4-28(24-9-11-25(29)12-10-24)27(35)33(20(2)31-28)16-6-15-32-17-13-22(14-18-32)23-7-5-8-26(19-23)30-21(3)34/h8-12,19,22H,4-7,13-18H2,1-3H3,(H,30,34)/t28-/m0/s1. The van der Waals surface area contributed by atoms with Crippen LogP contribution in [-0.2, 0) is 15.1 Å². The number of amides is 2. The van der Waals surface area contributed by atoms with Crippen molar-refractivity contribution in [3.63, 3.8) is 0 Å². The third-order valence-corrected chi connectivity index (χ3v) is 7.60. The molecule has 0 aromatic heterocycles. The van der Waals surface area contributed by atoms with Gasteiger partial charge in [-0.05, 0) is 94.8 Å². The molecule has 1 aromatic carbocycles. The van der Waals surface area contributed by atoms with E-state index >= 15 is 0 Å². The molecule has 35 heavy (non-hydrogen) atoms. The molecule has 1 N–H and O–H groups in total. The molecule has 4 rings (SSSR count). The fourth-order valence-electron chi connectivity index (χ4n) is 5.68. The predicted molar refractivity (Wildman–Crippen MR) is 136 cm³/mol. The van der Waals surface area contributed by atoms with Gasteiger partial charge in [-0.25, -0.2) is 4.39 Å². The number of rotatable bonds is 8. The SMILES string of the molecule is CC[C@@]1(c2ccc(F)cc2)N=C(C)N(CCCN2CCC(C3=CC(NC(C)=O)=CCC3)CC2)C1=O. The number of piperidine rings is 1. The van der Waals surface area contributed by atoms with Gasteiger partial charge in [0.15, 0.2) is 5.54 Å². The highest BCUT2D eigenvalue weighted by Gasteiger charge is 2.46. The van der Waals surface area contributed by atoms with Crippen molar-refractivity contribution in [3.8, 4) is 0 Å². The summed E-state index contributed by atoms with van der Waals surface area (Å²) in [4.78, 5) is 33.9. The van der Waals surface area contributed by atoms with Gasteiger partial charge in [-0.1, -0.05) is 30.7 Å². The molecule has 0 radical (unpaired) electrons. The Bertz CT molecular complexity index is 1040. The number of nitrogens with zero attached hydrogens (tertiary/aromatic N) is 3. The second kappa shape index (κ2) is 10.9. The molecule has 2 amide bonds. The molecule has 0 saturated carbocycles. The van der Waals surface area contributed by atoms with E-state index in [4.69, 9.17) is 4.99 Å². The number of carbonyl (C=O) groups excluding carboxylic acids is 2. The van der Waals surface area contributed by atoms with E-state index in [1.165, 1.54) is 17.7 Å². The highest BCUT2D eigenvalue weighted by molar-refractivity contribution is 6.07. The van der Waals surface area contributed by atoms with Crippen molar-refractivity contribution >= 4 is 17.6 Å². The minimum absolute atomic E-state index is 0.00455. The van der Waals surface area contributed by atoms with Crippen molar-refractivity contribution in [1.29, 1.82) is 0 Å². The number of likely N-dealkylation sites (tertiary alicyclic amines) is 1. The molecule has 2 heterocycles. The van der Waals surface area contributed by atoms with Gasteiger partial charge in [-0.15, -0.1) is 0 Å². The third-order valence-electron chi connectivity index (χ3n) is 7.60. The smallest absolute Gasteiger partial charge is 0.260 e. The fraction of sp³-hybridized carbons (Fsp3) is 0.536. The molecular formula is C28H37FN4O2. The molecule has 3 aliphatic rings. The Kier molecular flexibility index (Phi) is 7.85. The largest absolute Gasteiger partial charge is 0.327 e. The van der Waals surface area contributed by atoms with Crippen LogP contribution in [0.15, 0.2) is 52.7 Å². The first kappa shape index (κ1) is 25.3. The monoisotopic (exact) mass is 480 g/mol. The number of hydrogen-bond donors (Lipinski definition) is 1. The Morgan fingerprint density at radius 2 is 1.91 bits per heavy atom. The minimum Gasteiger partial charge on any atom is -0.327 e. The summed E-state index contributed by atoms with van der Waals surface area (Å²) in [5.41, 5.74) is 2.22. The first-order valence-corrected chi connectivity index (χ1v) is 12.9. The average Bonchev–Trinajstić information content (AvgIpc) is 3.10. The summed E-state index contributed by atoms with van der Waals surface area (Å²) in [6, 6.07) is 6.16. The quantitative estimate of drug-likeness (QED) is 0.594. The Labute approximate surface area is 208 Å². The first-order chi connectivity index (χ1) is 16.8. The van der Waals surface area contributed by atoms with Crippen LogP contribution >= 0.6 is 0 Å². The minimum atomic E-state index is -0.936. The van der Waals surface area contributed by atoms with Crippen molar-refractivity contribution in [2.75, 3.05) is 26.2 Å². The second-order valence-corrected chi connectivity index (χ2v) is 9.90. The van der Waals surface area contributed by atoms with E-state index in [1.54, 1.807) is 19.1 Å². The van der Waals surface area contributed by atoms with Crippen LogP contribution in [0.1, 0.15) is 64.9 Å². The highest BCUT2D eigenvalue weighted by Crippen LogP contribution is 2.37. The van der Waals surface area contributed by atoms with Crippen LogP contribution in [0.5, 0.6) is 0 Å². The zero-order chi connectivity index (χ0) is 25.0. The van der Waals surface area contributed by atoms with Gasteiger partial charge in [0, 0.05) is 19.2 Å². The topological polar surface area (TPSA) is 65.0 Å². The number of nitrogens with one attached hydrogen (secondary N) is 1. The van der Waals surface area contributed by atoms with Gasteiger partial charge >= 0.3 is 0 Å². The zero-order valence-corrected chi connectivity index (χ0v) is 21.1. The summed E-state index contributed by atoms with van der Waals surface area (Å²) < 4.78 is 13.4. The Hall–Kier alpha value is -2.80. The van der Waals surface area contributed by atoms with Crippen LogP contribution in [0.25, 0.3) is 0 Å². The van der Waals surface area contributed by atoms with E-state index in [1.807, 2.05) is 18.7 Å². The third kappa shape index (κ3) is 5.56. The van der Waals surface area contributed by atoms with Crippen LogP contribution in [-0.4, -0.2) is 53.6 Å². The van der Waals surface area contributed by atoms with Crippen LogP contribution < -0.4 is 5.32 Å². The van der Waals surface area contributed by atoms with Crippen LogP contribution in [0.2, 0.25) is 0 Å². The predicted octanol–water partition coefficient (Wildman–Crippen LogP) is 4.53. The second-order valence-electron chi connectivity index (χ2n) is 9.90. The van der Waals surface area contributed by atoms with Gasteiger partial charge in [-0.2, -0.15) is 0 Å². The molecule has 0 unspecified atom stereocenters. The van der Waals surface area contributed by atoms with Crippen molar-refractivity contribution in [2.45, 2.75) is 64.8 Å². The molecule has 1 aromatic rings. The summed E-state index contributed by atoms with van der Waals surface area (Å²) >= 11 is 0. The molecule has 0 spiro atoms.